The molecule has 0 fully saturated rings. The normalized spacial score (nSPS) is 12.4. The molecular formula is C20H17FN2O2. The summed E-state index contributed by atoms with van der Waals surface area (Å²) in [6.07, 6.45) is 3.64. The number of benzene rings is 2. The highest BCUT2D eigenvalue weighted by Gasteiger charge is 2.12. The van der Waals surface area contributed by atoms with Crippen LogP contribution in [0.3, 0.4) is 0 Å². The fraction of sp³-hybridized carbons (Fsp3) is 0.100. The van der Waals surface area contributed by atoms with Crippen LogP contribution in [0.5, 0.6) is 0 Å². The summed E-state index contributed by atoms with van der Waals surface area (Å²) in [5.74, 6) is -0.870. The second kappa shape index (κ2) is 7.68. The van der Waals surface area contributed by atoms with E-state index in [9.17, 15) is 14.3 Å². The van der Waals surface area contributed by atoms with E-state index in [2.05, 4.69) is 10.3 Å². The Kier molecular flexibility index (Phi) is 5.16. The van der Waals surface area contributed by atoms with Gasteiger partial charge in [-0.3, -0.25) is 9.78 Å². The highest BCUT2D eigenvalue weighted by molar-refractivity contribution is 5.95. The molecular weight excluding hydrogens is 319 g/mol. The molecule has 4 nitrogen and oxygen atoms in total. The Morgan fingerprint density at radius 2 is 1.96 bits per heavy atom. The van der Waals surface area contributed by atoms with Crippen LogP contribution in [-0.2, 0) is 4.79 Å². The number of carbonyl (C=O) groups is 1. The molecule has 0 aliphatic rings. The summed E-state index contributed by atoms with van der Waals surface area (Å²) in [6.45, 7) is -0.0715. The number of carbonyl (C=O) groups excluding carboxylic acids is 1. The number of halogens is 1. The van der Waals surface area contributed by atoms with Crippen molar-refractivity contribution >= 4 is 22.9 Å². The first-order valence-corrected chi connectivity index (χ1v) is 7.87. The van der Waals surface area contributed by atoms with Crippen molar-refractivity contribution in [1.82, 2.24) is 10.3 Å². The Morgan fingerprint density at radius 3 is 2.80 bits per heavy atom. The molecule has 5 heteroatoms. The third-order valence-electron chi connectivity index (χ3n) is 3.81. The van der Waals surface area contributed by atoms with E-state index in [1.165, 1.54) is 18.2 Å². The van der Waals surface area contributed by atoms with E-state index >= 15 is 0 Å². The van der Waals surface area contributed by atoms with E-state index in [0.717, 1.165) is 16.5 Å². The summed E-state index contributed by atoms with van der Waals surface area (Å²) in [4.78, 5) is 16.3. The average molecular weight is 336 g/mol. The molecule has 3 aromatic rings. The van der Waals surface area contributed by atoms with Gasteiger partial charge in [-0.25, -0.2) is 4.39 Å². The molecule has 0 aliphatic carbocycles. The van der Waals surface area contributed by atoms with E-state index in [0.29, 0.717) is 0 Å². The molecule has 126 valence electrons. The highest BCUT2D eigenvalue weighted by atomic mass is 19.1. The number of para-hydroxylation sites is 1. The minimum Gasteiger partial charge on any atom is -0.386 e. The molecule has 1 atom stereocenters. The molecule has 2 N–H and O–H groups in total. The molecule has 25 heavy (non-hydrogen) atoms. The van der Waals surface area contributed by atoms with Crippen molar-refractivity contribution in [3.63, 3.8) is 0 Å². The van der Waals surface area contributed by atoms with Gasteiger partial charge in [-0.2, -0.15) is 0 Å². The topological polar surface area (TPSA) is 62.2 Å². The predicted octanol–water partition coefficient (Wildman–Crippen LogP) is 3.24. The zero-order valence-electron chi connectivity index (χ0n) is 13.4. The number of aliphatic hydroxyl groups excluding tert-OH is 1. The van der Waals surface area contributed by atoms with Gasteiger partial charge >= 0.3 is 0 Å². The van der Waals surface area contributed by atoms with Crippen molar-refractivity contribution in [2.75, 3.05) is 6.54 Å². The fourth-order valence-electron chi connectivity index (χ4n) is 2.54. The minimum absolute atomic E-state index is 0.0715. The zero-order chi connectivity index (χ0) is 17.6. The molecule has 0 saturated carbocycles. The van der Waals surface area contributed by atoms with Gasteiger partial charge in [0.25, 0.3) is 0 Å². The smallest absolute Gasteiger partial charge is 0.244 e. The number of hydrogen-bond donors (Lipinski definition) is 2. The Bertz CT molecular complexity index is 919. The van der Waals surface area contributed by atoms with Crippen LogP contribution in [0.15, 0.2) is 66.9 Å². The summed E-state index contributed by atoms with van der Waals surface area (Å²) in [6, 6.07) is 15.5. The predicted molar refractivity (Wildman–Crippen MR) is 95.1 cm³/mol. The number of pyridine rings is 1. The average Bonchev–Trinajstić information content (AvgIpc) is 2.64. The van der Waals surface area contributed by atoms with Crippen molar-refractivity contribution in [3.8, 4) is 0 Å². The van der Waals surface area contributed by atoms with Crippen LogP contribution < -0.4 is 5.32 Å². The van der Waals surface area contributed by atoms with E-state index in [4.69, 9.17) is 0 Å². The van der Waals surface area contributed by atoms with Gasteiger partial charge in [0, 0.05) is 35.3 Å². The van der Waals surface area contributed by atoms with Crippen molar-refractivity contribution in [1.29, 1.82) is 0 Å². The maximum Gasteiger partial charge on any atom is 0.244 e. The maximum absolute atomic E-state index is 13.6. The van der Waals surface area contributed by atoms with Crippen LogP contribution in [0.4, 0.5) is 4.39 Å². The lowest BCUT2D eigenvalue weighted by Crippen LogP contribution is -2.27. The molecule has 1 amide bonds. The Labute approximate surface area is 144 Å². The molecule has 2 aromatic carbocycles. The number of hydrogen-bond acceptors (Lipinski definition) is 3. The fourth-order valence-corrected chi connectivity index (χ4v) is 2.54. The summed E-state index contributed by atoms with van der Waals surface area (Å²) in [5.41, 5.74) is 1.79. The van der Waals surface area contributed by atoms with E-state index in [1.807, 2.05) is 30.3 Å². The molecule has 0 aliphatic heterocycles. The molecule has 1 heterocycles. The lowest BCUT2D eigenvalue weighted by Gasteiger charge is -2.12. The van der Waals surface area contributed by atoms with Crippen LogP contribution in [0.1, 0.15) is 17.2 Å². The number of rotatable bonds is 5. The largest absolute Gasteiger partial charge is 0.386 e. The van der Waals surface area contributed by atoms with Gasteiger partial charge < -0.3 is 10.4 Å². The maximum atomic E-state index is 13.6. The zero-order valence-corrected chi connectivity index (χ0v) is 13.4. The van der Waals surface area contributed by atoms with Gasteiger partial charge in [0.1, 0.15) is 5.82 Å². The summed E-state index contributed by atoms with van der Waals surface area (Å²) < 4.78 is 13.6. The molecule has 1 aromatic heterocycles. The second-order valence-corrected chi connectivity index (χ2v) is 5.54. The molecule has 0 spiro atoms. The van der Waals surface area contributed by atoms with E-state index in [-0.39, 0.29) is 18.0 Å². The van der Waals surface area contributed by atoms with Crippen LogP contribution in [-0.4, -0.2) is 22.5 Å². The minimum atomic E-state index is -1.10. The van der Waals surface area contributed by atoms with Crippen molar-refractivity contribution in [2.24, 2.45) is 0 Å². The Morgan fingerprint density at radius 1 is 1.16 bits per heavy atom. The first-order valence-electron chi connectivity index (χ1n) is 7.87. The van der Waals surface area contributed by atoms with Crippen LogP contribution in [0.25, 0.3) is 17.0 Å². The number of nitrogens with zero attached hydrogens (tertiary/aromatic N) is 1. The lowest BCUT2D eigenvalue weighted by molar-refractivity contribution is -0.116. The van der Waals surface area contributed by atoms with Gasteiger partial charge in [-0.15, -0.1) is 0 Å². The third-order valence-corrected chi connectivity index (χ3v) is 3.81. The monoisotopic (exact) mass is 336 g/mol. The van der Waals surface area contributed by atoms with Gasteiger partial charge in [0.05, 0.1) is 11.6 Å². The van der Waals surface area contributed by atoms with E-state index < -0.39 is 11.9 Å². The Balaban J connectivity index is 1.64. The van der Waals surface area contributed by atoms with Crippen molar-refractivity contribution in [3.05, 3.63) is 83.8 Å². The molecule has 0 bridgehead atoms. The van der Waals surface area contributed by atoms with Crippen LogP contribution in [0, 0.1) is 5.82 Å². The standard InChI is InChI=1S/C20H17FN2O2/c21-17-9-2-1-8-16(17)18(24)13-23-19(25)11-10-15-6-3-5-14-7-4-12-22-20(14)15/h1-12,18,24H,13H2,(H,23,25)/b11-10+. The molecule has 3 rings (SSSR count). The Hall–Kier alpha value is -3.05. The first kappa shape index (κ1) is 16.8. The molecule has 1 unspecified atom stereocenters. The number of aliphatic hydroxyl groups is 1. The van der Waals surface area contributed by atoms with Crippen LogP contribution in [0.2, 0.25) is 0 Å². The van der Waals surface area contributed by atoms with Gasteiger partial charge in [0.2, 0.25) is 5.91 Å². The van der Waals surface area contributed by atoms with Gasteiger partial charge in [-0.05, 0) is 18.2 Å². The molecule has 0 radical (unpaired) electrons. The highest BCUT2D eigenvalue weighted by Crippen LogP contribution is 2.17. The first-order chi connectivity index (χ1) is 12.1. The quantitative estimate of drug-likeness (QED) is 0.703. The van der Waals surface area contributed by atoms with E-state index in [1.54, 1.807) is 24.4 Å². The summed E-state index contributed by atoms with van der Waals surface area (Å²) >= 11 is 0. The number of aromatic nitrogens is 1. The number of nitrogens with one attached hydrogen (secondary N) is 1. The lowest BCUT2D eigenvalue weighted by atomic mass is 10.1. The van der Waals surface area contributed by atoms with Crippen molar-refractivity contribution in [2.45, 2.75) is 6.10 Å². The number of fused-ring (bicyclic) bond motifs is 1. The summed E-state index contributed by atoms with van der Waals surface area (Å²) in [5, 5.41) is 13.5. The SMILES string of the molecule is O=C(/C=C/c1cccc2cccnc12)NCC(O)c1ccccc1F. The van der Waals surface area contributed by atoms with Gasteiger partial charge in [-0.1, -0.05) is 42.5 Å². The van der Waals surface area contributed by atoms with Gasteiger partial charge in [0.15, 0.2) is 0 Å². The van der Waals surface area contributed by atoms with Crippen LogP contribution >= 0.6 is 0 Å². The third kappa shape index (κ3) is 4.08. The second-order valence-electron chi connectivity index (χ2n) is 5.54. The molecule has 0 saturated heterocycles. The number of amides is 1. The van der Waals surface area contributed by atoms with Crippen molar-refractivity contribution < 1.29 is 14.3 Å². The summed E-state index contributed by atoms with van der Waals surface area (Å²) in [7, 11) is 0.